The number of carbonyl (C=O) groups excluding carboxylic acids is 2. The van der Waals surface area contributed by atoms with E-state index in [1.165, 1.54) is 0 Å². The van der Waals surface area contributed by atoms with Crippen molar-refractivity contribution < 1.29 is 14.3 Å². The van der Waals surface area contributed by atoms with Crippen molar-refractivity contribution in [3.05, 3.63) is 64.6 Å². The monoisotopic (exact) mass is 446 g/mol. The lowest BCUT2D eigenvalue weighted by Gasteiger charge is -2.29. The highest BCUT2D eigenvalue weighted by Gasteiger charge is 2.27. The molecule has 0 aromatic heterocycles. The quantitative estimate of drug-likeness (QED) is 0.628. The Hall–Kier alpha value is -2.34. The number of carbonyl (C=O) groups is 2. The summed E-state index contributed by atoms with van der Waals surface area (Å²) in [6.45, 7) is 5.91. The van der Waals surface area contributed by atoms with Crippen LogP contribution in [0.25, 0.3) is 0 Å². The molecule has 1 N–H and O–H groups in total. The summed E-state index contributed by atoms with van der Waals surface area (Å²) in [6, 6.07) is 16.3. The Kier molecular flexibility index (Phi) is 8.51. The van der Waals surface area contributed by atoms with Crippen molar-refractivity contribution >= 4 is 27.7 Å². The lowest BCUT2D eigenvalue weighted by atomic mass is 10.1. The van der Waals surface area contributed by atoms with E-state index in [9.17, 15) is 9.59 Å². The summed E-state index contributed by atoms with van der Waals surface area (Å²) in [7, 11) is 0. The van der Waals surface area contributed by atoms with Crippen LogP contribution in [0.15, 0.2) is 59.1 Å². The number of nitrogens with one attached hydrogen (secondary N) is 1. The molecule has 0 heterocycles. The fourth-order valence-electron chi connectivity index (χ4n) is 2.58. The predicted octanol–water partition coefficient (Wildman–Crippen LogP) is 4.16. The van der Waals surface area contributed by atoms with Gasteiger partial charge in [-0.25, -0.2) is 0 Å². The van der Waals surface area contributed by atoms with Crippen LogP contribution in [0.5, 0.6) is 5.75 Å². The van der Waals surface area contributed by atoms with E-state index in [1.54, 1.807) is 24.0 Å². The van der Waals surface area contributed by atoms with Gasteiger partial charge in [-0.3, -0.25) is 9.59 Å². The van der Waals surface area contributed by atoms with Crippen molar-refractivity contribution in [1.29, 1.82) is 0 Å². The summed E-state index contributed by atoms with van der Waals surface area (Å²) in [5.74, 6) is 0.217. The van der Waals surface area contributed by atoms with Gasteiger partial charge in [-0.05, 0) is 50.1 Å². The number of hydrogen-bond donors (Lipinski definition) is 1. The zero-order chi connectivity index (χ0) is 20.5. The van der Waals surface area contributed by atoms with E-state index in [0.29, 0.717) is 12.3 Å². The number of nitrogens with zero attached hydrogens (tertiary/aromatic N) is 1. The summed E-state index contributed by atoms with van der Waals surface area (Å²) in [5, 5.41) is 2.95. The number of amides is 2. The summed E-state index contributed by atoms with van der Waals surface area (Å²) >= 11 is 3.41. The van der Waals surface area contributed by atoms with Crippen molar-refractivity contribution in [2.75, 3.05) is 6.61 Å². The van der Waals surface area contributed by atoms with Gasteiger partial charge >= 0.3 is 0 Å². The zero-order valence-corrected chi connectivity index (χ0v) is 18.1. The molecule has 5 nitrogen and oxygen atoms in total. The van der Waals surface area contributed by atoms with Crippen LogP contribution in [0.4, 0.5) is 0 Å². The van der Waals surface area contributed by atoms with Gasteiger partial charge in [0.05, 0.1) is 0 Å². The number of rotatable bonds is 9. The van der Waals surface area contributed by atoms with Crippen molar-refractivity contribution in [3.8, 4) is 5.75 Å². The minimum atomic E-state index is -0.607. The molecule has 0 radical (unpaired) electrons. The van der Waals surface area contributed by atoms with E-state index < -0.39 is 6.04 Å². The Morgan fingerprint density at radius 3 is 2.32 bits per heavy atom. The average molecular weight is 447 g/mol. The van der Waals surface area contributed by atoms with Crippen LogP contribution in [-0.4, -0.2) is 35.4 Å². The van der Waals surface area contributed by atoms with Crippen LogP contribution >= 0.6 is 15.9 Å². The highest BCUT2D eigenvalue weighted by Crippen LogP contribution is 2.15. The first-order chi connectivity index (χ1) is 13.4. The molecule has 0 aliphatic carbocycles. The Morgan fingerprint density at radius 1 is 1.07 bits per heavy atom. The van der Waals surface area contributed by atoms with Crippen LogP contribution in [0, 0.1) is 0 Å². The Bertz CT molecular complexity index is 765. The number of hydrogen-bond acceptors (Lipinski definition) is 3. The molecule has 0 fully saturated rings. The molecule has 2 rings (SSSR count). The number of halogens is 1. The maximum atomic E-state index is 12.9. The second-order valence-electron chi connectivity index (χ2n) is 6.74. The molecule has 0 saturated heterocycles. The molecule has 2 aromatic rings. The average Bonchev–Trinajstić information content (AvgIpc) is 2.71. The van der Waals surface area contributed by atoms with Gasteiger partial charge in [-0.15, -0.1) is 0 Å². The second-order valence-corrected chi connectivity index (χ2v) is 7.66. The summed E-state index contributed by atoms with van der Waals surface area (Å²) in [4.78, 5) is 27.1. The largest absolute Gasteiger partial charge is 0.484 e. The molecule has 150 valence electrons. The molecule has 0 spiro atoms. The third kappa shape index (κ3) is 6.68. The third-order valence-electron chi connectivity index (χ3n) is 4.54. The van der Waals surface area contributed by atoms with Crippen LogP contribution in [0.1, 0.15) is 32.8 Å². The summed E-state index contributed by atoms with van der Waals surface area (Å²) in [5.41, 5.74) is 0.944. The molecule has 2 atom stereocenters. The van der Waals surface area contributed by atoms with Gasteiger partial charge in [0.2, 0.25) is 5.91 Å². The van der Waals surface area contributed by atoms with Gasteiger partial charge < -0.3 is 15.0 Å². The molecule has 0 unspecified atom stereocenters. The molecule has 2 aromatic carbocycles. The summed E-state index contributed by atoms with van der Waals surface area (Å²) < 4.78 is 6.57. The molecular formula is C22H27BrN2O3. The number of benzene rings is 2. The predicted molar refractivity (Wildman–Crippen MR) is 114 cm³/mol. The van der Waals surface area contributed by atoms with Gasteiger partial charge in [0.1, 0.15) is 11.8 Å². The smallest absolute Gasteiger partial charge is 0.261 e. The van der Waals surface area contributed by atoms with Crippen LogP contribution < -0.4 is 10.1 Å². The Morgan fingerprint density at radius 2 is 1.71 bits per heavy atom. The third-order valence-corrected chi connectivity index (χ3v) is 5.07. The van der Waals surface area contributed by atoms with Crippen molar-refractivity contribution in [2.24, 2.45) is 0 Å². The van der Waals surface area contributed by atoms with E-state index in [4.69, 9.17) is 4.74 Å². The molecule has 0 aliphatic heterocycles. The number of para-hydroxylation sites is 1. The van der Waals surface area contributed by atoms with Gasteiger partial charge in [-0.2, -0.15) is 0 Å². The van der Waals surface area contributed by atoms with Crippen LogP contribution in [0.2, 0.25) is 0 Å². The molecule has 2 amide bonds. The van der Waals surface area contributed by atoms with Gasteiger partial charge in [0.15, 0.2) is 6.61 Å². The molecule has 0 saturated carbocycles. The van der Waals surface area contributed by atoms with Gasteiger partial charge in [-0.1, -0.05) is 53.2 Å². The Balaban J connectivity index is 2.12. The van der Waals surface area contributed by atoms with Gasteiger partial charge in [0.25, 0.3) is 5.91 Å². The topological polar surface area (TPSA) is 58.6 Å². The molecule has 0 aliphatic rings. The highest BCUT2D eigenvalue weighted by molar-refractivity contribution is 9.10. The first-order valence-electron chi connectivity index (χ1n) is 9.42. The van der Waals surface area contributed by atoms with Gasteiger partial charge in [0, 0.05) is 17.1 Å². The molecule has 28 heavy (non-hydrogen) atoms. The lowest BCUT2D eigenvalue weighted by molar-refractivity contribution is -0.142. The second kappa shape index (κ2) is 10.9. The van der Waals surface area contributed by atoms with E-state index in [2.05, 4.69) is 21.2 Å². The Labute approximate surface area is 175 Å². The maximum absolute atomic E-state index is 12.9. The lowest BCUT2D eigenvalue weighted by Crippen LogP contribution is -2.50. The van der Waals surface area contributed by atoms with Crippen molar-refractivity contribution in [2.45, 2.75) is 45.8 Å². The van der Waals surface area contributed by atoms with E-state index in [-0.39, 0.29) is 24.5 Å². The SMILES string of the molecule is CC[C@@H](C)NC(=O)[C@@H](C)N(Cc1ccc(Br)cc1)C(=O)COc1ccccc1. The molecular weight excluding hydrogens is 420 g/mol. The van der Waals surface area contributed by atoms with E-state index in [1.807, 2.05) is 56.3 Å². The van der Waals surface area contributed by atoms with E-state index in [0.717, 1.165) is 16.5 Å². The standard InChI is InChI=1S/C22H27BrN2O3/c1-4-16(2)24-22(27)17(3)25(14-18-10-12-19(23)13-11-18)21(26)15-28-20-8-6-5-7-9-20/h5-13,16-17H,4,14-15H2,1-3H3,(H,24,27)/t16-,17-/m1/s1. The van der Waals surface area contributed by atoms with E-state index >= 15 is 0 Å². The minimum absolute atomic E-state index is 0.0557. The first kappa shape index (κ1) is 22.0. The fourth-order valence-corrected chi connectivity index (χ4v) is 2.84. The number of ether oxygens (including phenoxy) is 1. The van der Waals surface area contributed by atoms with Crippen molar-refractivity contribution in [1.82, 2.24) is 10.2 Å². The first-order valence-corrected chi connectivity index (χ1v) is 10.2. The normalized spacial score (nSPS) is 12.7. The molecule has 0 bridgehead atoms. The van der Waals surface area contributed by atoms with Crippen LogP contribution in [-0.2, 0) is 16.1 Å². The minimum Gasteiger partial charge on any atom is -0.484 e. The zero-order valence-electron chi connectivity index (χ0n) is 16.5. The molecule has 6 heteroatoms. The maximum Gasteiger partial charge on any atom is 0.261 e. The fraction of sp³-hybridized carbons (Fsp3) is 0.364. The summed E-state index contributed by atoms with van der Waals surface area (Å²) in [6.07, 6.45) is 0.830. The van der Waals surface area contributed by atoms with Crippen LogP contribution in [0.3, 0.4) is 0 Å². The highest BCUT2D eigenvalue weighted by atomic mass is 79.9. The van der Waals surface area contributed by atoms with Crippen molar-refractivity contribution in [3.63, 3.8) is 0 Å².